The molecule has 2 fully saturated rings. The van der Waals surface area contributed by atoms with Gasteiger partial charge in [0.2, 0.25) is 5.91 Å². The fourth-order valence-electron chi connectivity index (χ4n) is 6.03. The zero-order valence-electron chi connectivity index (χ0n) is 26.9. The quantitative estimate of drug-likeness (QED) is 0.307. The van der Waals surface area contributed by atoms with Gasteiger partial charge in [-0.2, -0.15) is 0 Å². The lowest BCUT2D eigenvalue weighted by Crippen LogP contribution is -2.43. The summed E-state index contributed by atoms with van der Waals surface area (Å²) in [7, 11) is 0. The van der Waals surface area contributed by atoms with Crippen LogP contribution in [0.25, 0.3) is 5.57 Å². The van der Waals surface area contributed by atoms with E-state index in [0.717, 1.165) is 64.1 Å². The van der Waals surface area contributed by atoms with Crippen molar-refractivity contribution in [2.45, 2.75) is 92.1 Å². The van der Waals surface area contributed by atoms with Gasteiger partial charge in [-0.25, -0.2) is 4.79 Å². The van der Waals surface area contributed by atoms with Gasteiger partial charge in [0.05, 0.1) is 5.69 Å². The molecule has 2 saturated heterocycles. The Balaban J connectivity index is 0.00000104. The first-order valence-corrected chi connectivity index (χ1v) is 17.8. The summed E-state index contributed by atoms with van der Waals surface area (Å²) in [5.74, 6) is 1.35. The SMILES string of the molecule is CC(C)(C)OC(=O)N1CCC(CC(=O)N2CCC(=C3c4ncc(Br)cc4CCc4cc(Cl)cc(Br)c43)CC2)CC1.CC(C)C. The summed E-state index contributed by atoms with van der Waals surface area (Å²) in [6.07, 6.45) is 7.27. The van der Waals surface area contributed by atoms with Crippen LogP contribution in [-0.2, 0) is 22.4 Å². The zero-order valence-corrected chi connectivity index (χ0v) is 30.9. The number of aromatic nitrogens is 1. The molecule has 3 heterocycles. The van der Waals surface area contributed by atoms with Gasteiger partial charge in [0.15, 0.2) is 0 Å². The number of hydrogen-bond acceptors (Lipinski definition) is 4. The largest absolute Gasteiger partial charge is 0.444 e. The van der Waals surface area contributed by atoms with Crippen molar-refractivity contribution in [3.8, 4) is 0 Å². The number of hydrogen-bond donors (Lipinski definition) is 0. The molecular formula is C35H46Br2ClN3O3. The topological polar surface area (TPSA) is 62.7 Å². The van der Waals surface area contributed by atoms with Crippen LogP contribution in [0.1, 0.15) is 96.0 Å². The lowest BCUT2D eigenvalue weighted by atomic mass is 9.88. The van der Waals surface area contributed by atoms with Crippen molar-refractivity contribution < 1.29 is 14.3 Å². The third kappa shape index (κ3) is 9.32. The van der Waals surface area contributed by atoms with Gasteiger partial charge in [0.1, 0.15) is 5.60 Å². The molecule has 1 aromatic heterocycles. The first-order chi connectivity index (χ1) is 20.7. The lowest BCUT2D eigenvalue weighted by molar-refractivity contribution is -0.133. The van der Waals surface area contributed by atoms with Gasteiger partial charge >= 0.3 is 6.09 Å². The first-order valence-electron chi connectivity index (χ1n) is 15.8. The van der Waals surface area contributed by atoms with Crippen LogP contribution in [0.4, 0.5) is 4.79 Å². The van der Waals surface area contributed by atoms with Crippen LogP contribution in [-0.4, -0.2) is 58.6 Å². The van der Waals surface area contributed by atoms with Crippen molar-refractivity contribution in [3.63, 3.8) is 0 Å². The Morgan fingerprint density at radius 1 is 0.955 bits per heavy atom. The standard InChI is InChI=1S/C31H36Br2ClN3O3.C4H10/c1-31(2,3)40-30(39)37-10-6-19(7-11-37)14-26(38)36-12-8-20(9-13-36)28-27-21(16-24(34)17-25(27)33)4-5-22-15-23(32)18-35-29(22)28;1-4(2)3/h15-19H,4-14H2,1-3H3;4H,1-3H3. The second-order valence-electron chi connectivity index (χ2n) is 13.8. The number of benzene rings is 1. The minimum absolute atomic E-state index is 0.219. The van der Waals surface area contributed by atoms with Gasteiger partial charge in [-0.05, 0) is 116 Å². The maximum Gasteiger partial charge on any atom is 0.410 e. The van der Waals surface area contributed by atoms with Gasteiger partial charge in [0.25, 0.3) is 0 Å². The Labute approximate surface area is 285 Å². The maximum atomic E-state index is 13.3. The van der Waals surface area contributed by atoms with E-state index in [2.05, 4.69) is 64.8 Å². The summed E-state index contributed by atoms with van der Waals surface area (Å²) in [5.41, 5.74) is 6.72. The molecule has 2 amide bonds. The van der Waals surface area contributed by atoms with Crippen molar-refractivity contribution >= 4 is 61.0 Å². The van der Waals surface area contributed by atoms with E-state index in [4.69, 9.17) is 21.3 Å². The normalized spacial score (nSPS) is 17.4. The van der Waals surface area contributed by atoms with Gasteiger partial charge in [-0.3, -0.25) is 9.78 Å². The van der Waals surface area contributed by atoms with Gasteiger partial charge in [0, 0.05) is 63.9 Å². The van der Waals surface area contributed by atoms with E-state index in [-0.39, 0.29) is 12.0 Å². The first kappa shape index (κ1) is 35.0. The van der Waals surface area contributed by atoms with Crippen LogP contribution < -0.4 is 0 Å². The Kier molecular flexibility index (Phi) is 12.0. The Bertz CT molecular complexity index is 1380. The van der Waals surface area contributed by atoms with E-state index in [1.54, 1.807) is 4.90 Å². The van der Waals surface area contributed by atoms with E-state index >= 15 is 0 Å². The second kappa shape index (κ2) is 15.1. The van der Waals surface area contributed by atoms with Crippen LogP contribution >= 0.6 is 43.5 Å². The highest BCUT2D eigenvalue weighted by Crippen LogP contribution is 2.42. The number of ether oxygens (including phenoxy) is 1. The van der Waals surface area contributed by atoms with E-state index in [1.807, 2.05) is 37.9 Å². The maximum absolute atomic E-state index is 13.3. The average Bonchev–Trinajstić information content (AvgIpc) is 3.09. The molecule has 0 bridgehead atoms. The van der Waals surface area contributed by atoms with Crippen LogP contribution in [0.15, 0.2) is 38.9 Å². The number of amides is 2. The smallest absolute Gasteiger partial charge is 0.410 e. The number of nitrogens with zero attached hydrogens (tertiary/aromatic N) is 3. The molecule has 0 N–H and O–H groups in total. The van der Waals surface area contributed by atoms with Crippen LogP contribution in [0.3, 0.4) is 0 Å². The summed E-state index contributed by atoms with van der Waals surface area (Å²) in [4.78, 5) is 34.4. The van der Waals surface area contributed by atoms with Gasteiger partial charge in [-0.1, -0.05) is 53.9 Å². The summed E-state index contributed by atoms with van der Waals surface area (Å²) >= 11 is 13.9. The predicted octanol–water partition coefficient (Wildman–Crippen LogP) is 9.48. The minimum Gasteiger partial charge on any atom is -0.444 e. The van der Waals surface area contributed by atoms with Crippen molar-refractivity contribution in [1.29, 1.82) is 0 Å². The highest BCUT2D eigenvalue weighted by Gasteiger charge is 2.31. The van der Waals surface area contributed by atoms with E-state index < -0.39 is 5.60 Å². The monoisotopic (exact) mass is 749 g/mol. The minimum atomic E-state index is -0.497. The molecule has 44 heavy (non-hydrogen) atoms. The highest BCUT2D eigenvalue weighted by molar-refractivity contribution is 9.10. The molecular weight excluding hydrogens is 706 g/mol. The van der Waals surface area contributed by atoms with Crippen LogP contribution in [0.2, 0.25) is 5.02 Å². The second-order valence-corrected chi connectivity index (χ2v) is 16.0. The van der Waals surface area contributed by atoms with Crippen molar-refractivity contribution in [2.24, 2.45) is 11.8 Å². The summed E-state index contributed by atoms with van der Waals surface area (Å²) in [5, 5.41) is 0.729. The van der Waals surface area contributed by atoms with E-state index in [9.17, 15) is 9.59 Å². The fraction of sp³-hybridized carbons (Fsp3) is 0.571. The molecule has 3 aliphatic rings. The number of fused-ring (bicyclic) bond motifs is 2. The van der Waals surface area contributed by atoms with Gasteiger partial charge in [-0.15, -0.1) is 0 Å². The average molecular weight is 752 g/mol. The Hall–Kier alpha value is -1.90. The summed E-state index contributed by atoms with van der Waals surface area (Å²) in [6, 6.07) is 6.23. The Morgan fingerprint density at radius 3 is 2.18 bits per heavy atom. The molecule has 1 aliphatic carbocycles. The van der Waals surface area contributed by atoms with Crippen molar-refractivity contribution in [2.75, 3.05) is 26.2 Å². The fourth-order valence-corrected chi connectivity index (χ4v) is 7.48. The van der Waals surface area contributed by atoms with Gasteiger partial charge < -0.3 is 14.5 Å². The molecule has 0 unspecified atom stereocenters. The third-order valence-electron chi connectivity index (χ3n) is 8.02. The van der Waals surface area contributed by atoms with E-state index in [1.165, 1.54) is 27.8 Å². The van der Waals surface area contributed by atoms with Crippen molar-refractivity contribution in [1.82, 2.24) is 14.8 Å². The number of piperidine rings is 2. The molecule has 0 atom stereocenters. The number of halogens is 3. The number of carbonyl (C=O) groups excluding carboxylic acids is 2. The molecule has 2 aliphatic heterocycles. The van der Waals surface area contributed by atoms with E-state index in [0.29, 0.717) is 38.5 Å². The number of pyridine rings is 1. The van der Waals surface area contributed by atoms with Crippen LogP contribution in [0, 0.1) is 11.8 Å². The summed E-state index contributed by atoms with van der Waals surface area (Å²) in [6.45, 7) is 14.9. The molecule has 5 rings (SSSR count). The molecule has 1 aromatic carbocycles. The number of aryl methyl sites for hydroxylation is 2. The third-order valence-corrected chi connectivity index (χ3v) is 9.30. The molecule has 240 valence electrons. The number of rotatable bonds is 2. The molecule has 2 aromatic rings. The van der Waals surface area contributed by atoms with Crippen molar-refractivity contribution in [3.05, 3.63) is 66.3 Å². The number of likely N-dealkylation sites (tertiary alicyclic amines) is 2. The molecule has 9 heteroatoms. The molecule has 0 radical (unpaired) electrons. The Morgan fingerprint density at radius 2 is 1.57 bits per heavy atom. The lowest BCUT2D eigenvalue weighted by Gasteiger charge is -2.35. The molecule has 6 nitrogen and oxygen atoms in total. The predicted molar refractivity (Wildman–Crippen MR) is 186 cm³/mol. The zero-order chi connectivity index (χ0) is 32.2. The number of carbonyl (C=O) groups is 2. The summed E-state index contributed by atoms with van der Waals surface area (Å²) < 4.78 is 7.49. The molecule has 0 saturated carbocycles. The highest BCUT2D eigenvalue weighted by atomic mass is 79.9. The molecule has 0 spiro atoms. The van der Waals surface area contributed by atoms with Crippen LogP contribution in [0.5, 0.6) is 0 Å².